The molecule has 0 aliphatic rings. The third-order valence-electron chi connectivity index (χ3n) is 3.35. The molecule has 0 amide bonds. The Morgan fingerprint density at radius 3 is 1.70 bits per heavy atom. The van der Waals surface area contributed by atoms with Gasteiger partial charge in [0.25, 0.3) is 0 Å². The maximum absolute atomic E-state index is 12.9. The Labute approximate surface area is 138 Å². The quantitative estimate of drug-likeness (QED) is 0.580. The van der Waals surface area contributed by atoms with Crippen LogP contribution in [0.2, 0.25) is 0 Å². The number of hydrogen-bond donors (Lipinski definition) is 0. The SMILES string of the molecule is CCC(C)OP(=O)(OCc1ccccc1)OCc1ccccc1. The first-order chi connectivity index (χ1) is 11.1. The highest BCUT2D eigenvalue weighted by Gasteiger charge is 2.29. The van der Waals surface area contributed by atoms with Crippen LogP contribution in [0.4, 0.5) is 0 Å². The second-order valence-electron chi connectivity index (χ2n) is 5.29. The molecule has 4 nitrogen and oxygen atoms in total. The molecule has 0 heterocycles. The summed E-state index contributed by atoms with van der Waals surface area (Å²) in [4.78, 5) is 0. The zero-order valence-corrected chi connectivity index (χ0v) is 14.4. The van der Waals surface area contributed by atoms with Crippen molar-refractivity contribution >= 4 is 7.82 Å². The molecule has 0 radical (unpaired) electrons. The minimum Gasteiger partial charge on any atom is -0.284 e. The minimum absolute atomic E-state index is 0.184. The van der Waals surface area contributed by atoms with Crippen molar-refractivity contribution < 1.29 is 18.1 Å². The van der Waals surface area contributed by atoms with E-state index in [0.717, 1.165) is 17.5 Å². The Morgan fingerprint density at radius 1 is 0.870 bits per heavy atom. The molecule has 1 unspecified atom stereocenters. The Kier molecular flexibility index (Phi) is 7.00. The molecule has 2 aromatic carbocycles. The van der Waals surface area contributed by atoms with Crippen molar-refractivity contribution in [3.8, 4) is 0 Å². The topological polar surface area (TPSA) is 44.8 Å². The van der Waals surface area contributed by atoms with Gasteiger partial charge in [0, 0.05) is 0 Å². The summed E-state index contributed by atoms with van der Waals surface area (Å²) in [5.41, 5.74) is 1.84. The summed E-state index contributed by atoms with van der Waals surface area (Å²) in [5, 5.41) is 0. The van der Waals surface area contributed by atoms with Crippen LogP contribution in [0.3, 0.4) is 0 Å². The molecule has 0 aliphatic carbocycles. The average Bonchev–Trinajstić information content (AvgIpc) is 2.60. The molecule has 0 N–H and O–H groups in total. The van der Waals surface area contributed by atoms with Gasteiger partial charge in [-0.1, -0.05) is 67.6 Å². The van der Waals surface area contributed by atoms with E-state index in [1.54, 1.807) is 0 Å². The maximum atomic E-state index is 12.9. The second-order valence-corrected chi connectivity index (χ2v) is 6.91. The molecule has 0 aromatic heterocycles. The molecule has 23 heavy (non-hydrogen) atoms. The lowest BCUT2D eigenvalue weighted by atomic mass is 10.2. The molecule has 1 atom stereocenters. The first kappa shape index (κ1) is 17.9. The lowest BCUT2D eigenvalue weighted by Crippen LogP contribution is -2.09. The Bertz CT molecular complexity index is 568. The summed E-state index contributed by atoms with van der Waals surface area (Å²) >= 11 is 0. The monoisotopic (exact) mass is 334 g/mol. The fraction of sp³-hybridized carbons (Fsp3) is 0.333. The summed E-state index contributed by atoms with van der Waals surface area (Å²) in [6.45, 7) is 4.18. The van der Waals surface area contributed by atoms with E-state index in [9.17, 15) is 4.57 Å². The molecule has 0 saturated heterocycles. The van der Waals surface area contributed by atoms with Gasteiger partial charge in [0.05, 0.1) is 19.3 Å². The van der Waals surface area contributed by atoms with E-state index >= 15 is 0 Å². The van der Waals surface area contributed by atoms with Gasteiger partial charge in [0.15, 0.2) is 0 Å². The smallest absolute Gasteiger partial charge is 0.284 e. The molecule has 0 aliphatic heterocycles. The number of benzene rings is 2. The molecule has 5 heteroatoms. The van der Waals surface area contributed by atoms with E-state index in [1.807, 2.05) is 74.5 Å². The molecule has 2 aromatic rings. The molecule has 0 bridgehead atoms. The zero-order valence-electron chi connectivity index (χ0n) is 13.6. The highest BCUT2D eigenvalue weighted by molar-refractivity contribution is 7.48. The van der Waals surface area contributed by atoms with Gasteiger partial charge >= 0.3 is 7.82 Å². The summed E-state index contributed by atoms with van der Waals surface area (Å²) in [7, 11) is -3.62. The largest absolute Gasteiger partial charge is 0.475 e. The summed E-state index contributed by atoms with van der Waals surface area (Å²) in [5.74, 6) is 0. The van der Waals surface area contributed by atoms with Crippen molar-refractivity contribution in [2.45, 2.75) is 39.6 Å². The maximum Gasteiger partial charge on any atom is 0.475 e. The Balaban J connectivity index is 2.00. The van der Waals surface area contributed by atoms with Crippen LogP contribution in [0.25, 0.3) is 0 Å². The van der Waals surface area contributed by atoms with Crippen LogP contribution in [0.1, 0.15) is 31.4 Å². The Hall–Kier alpha value is -1.45. The molecule has 0 fully saturated rings. The summed E-state index contributed by atoms with van der Waals surface area (Å²) in [6, 6.07) is 19.1. The van der Waals surface area contributed by atoms with Gasteiger partial charge in [0.1, 0.15) is 0 Å². The van der Waals surface area contributed by atoms with E-state index < -0.39 is 7.82 Å². The molecule has 124 valence electrons. The van der Waals surface area contributed by atoms with Gasteiger partial charge in [-0.25, -0.2) is 4.57 Å². The standard InChI is InChI=1S/C18H23O4P/c1-3-16(2)22-23(19,20-14-17-10-6-4-7-11-17)21-15-18-12-8-5-9-13-18/h4-13,16H,3,14-15H2,1-2H3. The molecular weight excluding hydrogens is 311 g/mol. The van der Waals surface area contributed by atoms with Crippen molar-refractivity contribution in [1.82, 2.24) is 0 Å². The third kappa shape index (κ3) is 6.28. The van der Waals surface area contributed by atoms with Gasteiger partial charge in [-0.2, -0.15) is 0 Å². The fourth-order valence-electron chi connectivity index (χ4n) is 1.85. The van der Waals surface area contributed by atoms with Crippen LogP contribution in [0, 0.1) is 0 Å². The number of rotatable bonds is 9. The number of hydrogen-bond acceptors (Lipinski definition) is 4. The third-order valence-corrected chi connectivity index (χ3v) is 4.86. The van der Waals surface area contributed by atoms with Crippen LogP contribution in [0.15, 0.2) is 60.7 Å². The predicted octanol–water partition coefficient (Wildman–Crippen LogP) is 5.34. The first-order valence-corrected chi connectivity index (χ1v) is 9.23. The van der Waals surface area contributed by atoms with Gasteiger partial charge in [-0.05, 0) is 24.5 Å². The lowest BCUT2D eigenvalue weighted by Gasteiger charge is -2.21. The molecule has 0 saturated carbocycles. The highest BCUT2D eigenvalue weighted by Crippen LogP contribution is 2.52. The van der Waals surface area contributed by atoms with Gasteiger partial charge in [0.2, 0.25) is 0 Å². The van der Waals surface area contributed by atoms with Crippen molar-refractivity contribution in [3.05, 3.63) is 71.8 Å². The van der Waals surface area contributed by atoms with Crippen molar-refractivity contribution in [2.24, 2.45) is 0 Å². The van der Waals surface area contributed by atoms with Gasteiger partial charge < -0.3 is 0 Å². The van der Waals surface area contributed by atoms with Crippen molar-refractivity contribution in [3.63, 3.8) is 0 Å². The minimum atomic E-state index is -3.62. The Morgan fingerprint density at radius 2 is 1.30 bits per heavy atom. The molecular formula is C18H23O4P. The van der Waals surface area contributed by atoms with Crippen LogP contribution in [0.5, 0.6) is 0 Å². The van der Waals surface area contributed by atoms with Crippen LogP contribution >= 0.6 is 7.82 Å². The van der Waals surface area contributed by atoms with Gasteiger partial charge in [-0.3, -0.25) is 13.6 Å². The lowest BCUT2D eigenvalue weighted by molar-refractivity contribution is 0.0748. The van der Waals surface area contributed by atoms with E-state index in [2.05, 4.69) is 0 Å². The fourth-order valence-corrected chi connectivity index (χ4v) is 3.25. The average molecular weight is 334 g/mol. The number of phosphoric ester groups is 1. The first-order valence-electron chi connectivity index (χ1n) is 7.76. The predicted molar refractivity (Wildman–Crippen MR) is 90.9 cm³/mol. The summed E-state index contributed by atoms with van der Waals surface area (Å²) < 4.78 is 29.4. The zero-order chi connectivity index (χ0) is 16.5. The normalized spacial score (nSPS) is 13.0. The van der Waals surface area contributed by atoms with E-state index in [-0.39, 0.29) is 19.3 Å². The van der Waals surface area contributed by atoms with E-state index in [4.69, 9.17) is 13.6 Å². The van der Waals surface area contributed by atoms with Crippen molar-refractivity contribution in [1.29, 1.82) is 0 Å². The van der Waals surface area contributed by atoms with Gasteiger partial charge in [-0.15, -0.1) is 0 Å². The van der Waals surface area contributed by atoms with Crippen LogP contribution in [-0.4, -0.2) is 6.10 Å². The molecule has 0 spiro atoms. The molecule has 2 rings (SSSR count). The summed E-state index contributed by atoms with van der Waals surface area (Å²) in [6.07, 6.45) is 0.528. The van der Waals surface area contributed by atoms with E-state index in [1.165, 1.54) is 0 Å². The highest BCUT2D eigenvalue weighted by atomic mass is 31.2. The van der Waals surface area contributed by atoms with Crippen LogP contribution in [-0.2, 0) is 31.4 Å². The van der Waals surface area contributed by atoms with E-state index in [0.29, 0.717) is 0 Å². The van der Waals surface area contributed by atoms with Crippen LogP contribution < -0.4 is 0 Å². The van der Waals surface area contributed by atoms with Crippen molar-refractivity contribution in [2.75, 3.05) is 0 Å². The number of phosphoric acid groups is 1. The second kappa shape index (κ2) is 8.99.